The Morgan fingerprint density at radius 2 is 1.10 bits per heavy atom. The van der Waals surface area contributed by atoms with E-state index < -0.39 is 0 Å². The quantitative estimate of drug-likeness (QED) is 0.0789. The van der Waals surface area contributed by atoms with Crippen LogP contribution in [0, 0.1) is 6.92 Å². The molecule has 0 saturated heterocycles. The molecule has 6 rings (SSSR count). The molecule has 7 nitrogen and oxygen atoms in total. The molecule has 0 amide bonds. The van der Waals surface area contributed by atoms with Gasteiger partial charge in [0.15, 0.2) is 0 Å². The number of unbranched alkanes of at least 4 members (excludes halogenated alkanes) is 4. The van der Waals surface area contributed by atoms with Gasteiger partial charge in [-0.1, -0.05) is 36.6 Å². The highest BCUT2D eigenvalue weighted by Crippen LogP contribution is 2.35. The molecule has 0 atom stereocenters. The molecule has 0 aliphatic carbocycles. The highest BCUT2D eigenvalue weighted by molar-refractivity contribution is 6.31. The zero-order chi connectivity index (χ0) is 33.5. The van der Waals surface area contributed by atoms with Gasteiger partial charge in [0.2, 0.25) is 0 Å². The predicted octanol–water partition coefficient (Wildman–Crippen LogP) is 9.86. The van der Waals surface area contributed by atoms with Gasteiger partial charge in [0.1, 0.15) is 11.5 Å². The molecular formula is C40H46ClN5O2. The first-order chi connectivity index (χ1) is 23.4. The van der Waals surface area contributed by atoms with E-state index in [4.69, 9.17) is 31.0 Å². The molecular weight excluding hydrogens is 618 g/mol. The standard InChI is InChI=1S/C40H46ClN5O2/c1-27-11-15-31-37(23-27)44-35-17-13-29(47-3)25-33(35)39(31)42-19-7-5-9-21-46(2)22-10-6-8-20-43-40-32-16-12-28(41)24-38(32)45-36-18-14-30(48-4)26-34(36)40/h11-18,23-26H,5-10,19-22H2,1-4H3,(H,42,44)(H,43,45). The molecule has 2 heterocycles. The second-order valence-corrected chi connectivity index (χ2v) is 13.1. The van der Waals surface area contributed by atoms with E-state index in [2.05, 4.69) is 65.9 Å². The molecule has 0 bridgehead atoms. The number of methoxy groups -OCH3 is 2. The third-order valence-corrected chi connectivity index (χ3v) is 9.35. The summed E-state index contributed by atoms with van der Waals surface area (Å²) in [5.41, 5.74) is 7.30. The number of benzene rings is 4. The summed E-state index contributed by atoms with van der Waals surface area (Å²) in [6.07, 6.45) is 6.97. The molecule has 0 radical (unpaired) electrons. The average molecular weight is 664 g/mol. The molecule has 8 heteroatoms. The lowest BCUT2D eigenvalue weighted by molar-refractivity contribution is 0.317. The van der Waals surface area contributed by atoms with E-state index in [1.165, 1.54) is 31.2 Å². The smallest absolute Gasteiger partial charge is 0.119 e. The van der Waals surface area contributed by atoms with Gasteiger partial charge >= 0.3 is 0 Å². The number of pyridine rings is 2. The van der Waals surface area contributed by atoms with Crippen LogP contribution in [-0.2, 0) is 0 Å². The van der Waals surface area contributed by atoms with Gasteiger partial charge in [-0.25, -0.2) is 9.97 Å². The first-order valence-corrected chi connectivity index (χ1v) is 17.4. The molecule has 250 valence electrons. The molecule has 0 spiro atoms. The van der Waals surface area contributed by atoms with Crippen molar-refractivity contribution in [2.75, 3.05) is 58.1 Å². The fourth-order valence-electron chi connectivity index (χ4n) is 6.47. The van der Waals surface area contributed by atoms with Crippen LogP contribution in [0.1, 0.15) is 44.1 Å². The van der Waals surface area contributed by atoms with Crippen LogP contribution in [0.3, 0.4) is 0 Å². The molecule has 48 heavy (non-hydrogen) atoms. The Hall–Kier alpha value is -4.33. The molecule has 0 aliphatic heterocycles. The number of aryl methyl sites for hydroxylation is 1. The Kier molecular flexibility index (Phi) is 11.0. The lowest BCUT2D eigenvalue weighted by atomic mass is 10.1. The third kappa shape index (κ3) is 7.86. The van der Waals surface area contributed by atoms with Crippen LogP contribution >= 0.6 is 11.6 Å². The minimum absolute atomic E-state index is 0.693. The number of rotatable bonds is 16. The third-order valence-electron chi connectivity index (χ3n) is 9.12. The van der Waals surface area contributed by atoms with Gasteiger partial charge in [-0.15, -0.1) is 0 Å². The molecule has 2 N–H and O–H groups in total. The maximum atomic E-state index is 6.29. The first-order valence-electron chi connectivity index (χ1n) is 17.0. The van der Waals surface area contributed by atoms with Gasteiger partial charge in [-0.3, -0.25) is 0 Å². The van der Waals surface area contributed by atoms with Crippen molar-refractivity contribution in [3.8, 4) is 11.5 Å². The highest BCUT2D eigenvalue weighted by Gasteiger charge is 2.12. The molecule has 2 aromatic heterocycles. The van der Waals surface area contributed by atoms with Crippen molar-refractivity contribution < 1.29 is 9.47 Å². The Morgan fingerprint density at radius 3 is 1.65 bits per heavy atom. The van der Waals surface area contributed by atoms with Gasteiger partial charge in [0.25, 0.3) is 0 Å². The highest BCUT2D eigenvalue weighted by atomic mass is 35.5. The largest absolute Gasteiger partial charge is 0.497 e. The first kappa shape index (κ1) is 33.6. The summed E-state index contributed by atoms with van der Waals surface area (Å²) in [5.74, 6) is 1.67. The van der Waals surface area contributed by atoms with Crippen molar-refractivity contribution in [1.82, 2.24) is 14.9 Å². The summed E-state index contributed by atoms with van der Waals surface area (Å²) in [5, 5.41) is 12.6. The van der Waals surface area contributed by atoms with Crippen LogP contribution in [0.25, 0.3) is 43.6 Å². The minimum atomic E-state index is 0.693. The van der Waals surface area contributed by atoms with E-state index in [-0.39, 0.29) is 0 Å². The number of anilines is 2. The van der Waals surface area contributed by atoms with E-state index in [9.17, 15) is 0 Å². The summed E-state index contributed by atoms with van der Waals surface area (Å²) in [4.78, 5) is 12.2. The van der Waals surface area contributed by atoms with E-state index >= 15 is 0 Å². The second-order valence-electron chi connectivity index (χ2n) is 12.7. The Balaban J connectivity index is 0.935. The summed E-state index contributed by atoms with van der Waals surface area (Å²) >= 11 is 6.29. The fourth-order valence-corrected chi connectivity index (χ4v) is 6.64. The van der Waals surface area contributed by atoms with E-state index in [1.54, 1.807) is 14.2 Å². The maximum absolute atomic E-state index is 6.29. The van der Waals surface area contributed by atoms with Crippen molar-refractivity contribution in [1.29, 1.82) is 0 Å². The number of hydrogen-bond donors (Lipinski definition) is 2. The Bertz CT molecular complexity index is 1890. The summed E-state index contributed by atoms with van der Waals surface area (Å²) in [6.45, 7) is 6.18. The van der Waals surface area contributed by atoms with Crippen molar-refractivity contribution in [3.05, 3.63) is 83.4 Å². The van der Waals surface area contributed by atoms with Gasteiger partial charge in [0.05, 0.1) is 47.7 Å². The van der Waals surface area contributed by atoms with Crippen LogP contribution < -0.4 is 20.1 Å². The number of halogens is 1. The summed E-state index contributed by atoms with van der Waals surface area (Å²) < 4.78 is 11.0. The average Bonchev–Trinajstić information content (AvgIpc) is 3.09. The number of ether oxygens (including phenoxy) is 2. The SMILES string of the molecule is COc1ccc2nc3cc(C)ccc3c(NCCCCCN(C)CCCCCNc3c4ccc(Cl)cc4nc4ccc(OC)cc34)c2c1. The fraction of sp³-hybridized carbons (Fsp3) is 0.350. The lowest BCUT2D eigenvalue weighted by Crippen LogP contribution is -2.21. The normalized spacial score (nSPS) is 11.6. The Labute approximate surface area is 288 Å². The minimum Gasteiger partial charge on any atom is -0.497 e. The molecule has 0 fully saturated rings. The number of nitrogens with zero attached hydrogens (tertiary/aromatic N) is 3. The number of hydrogen-bond acceptors (Lipinski definition) is 7. The second kappa shape index (κ2) is 15.7. The van der Waals surface area contributed by atoms with Gasteiger partial charge in [0, 0.05) is 39.7 Å². The van der Waals surface area contributed by atoms with Crippen molar-refractivity contribution in [2.45, 2.75) is 45.4 Å². The Morgan fingerprint density at radius 1 is 0.583 bits per heavy atom. The van der Waals surface area contributed by atoms with Crippen LogP contribution in [-0.4, -0.2) is 62.3 Å². The van der Waals surface area contributed by atoms with Crippen LogP contribution in [0.4, 0.5) is 11.4 Å². The molecule has 4 aromatic carbocycles. The molecule has 0 unspecified atom stereocenters. The monoisotopic (exact) mass is 663 g/mol. The van der Waals surface area contributed by atoms with Crippen molar-refractivity contribution in [2.24, 2.45) is 0 Å². The maximum Gasteiger partial charge on any atom is 0.119 e. The summed E-state index contributed by atoms with van der Waals surface area (Å²) in [7, 11) is 5.65. The van der Waals surface area contributed by atoms with E-state index in [1.807, 2.05) is 36.4 Å². The van der Waals surface area contributed by atoms with Crippen LogP contribution in [0.2, 0.25) is 5.02 Å². The number of fused-ring (bicyclic) bond motifs is 4. The van der Waals surface area contributed by atoms with Gasteiger partial charge < -0.3 is 25.0 Å². The molecule has 6 aromatic rings. The zero-order valence-corrected chi connectivity index (χ0v) is 29.3. The zero-order valence-electron chi connectivity index (χ0n) is 28.5. The van der Waals surface area contributed by atoms with Gasteiger partial charge in [-0.2, -0.15) is 0 Å². The number of aromatic nitrogens is 2. The van der Waals surface area contributed by atoms with E-state index in [0.717, 1.165) is 106 Å². The topological polar surface area (TPSA) is 71.5 Å². The molecule has 0 aliphatic rings. The van der Waals surface area contributed by atoms with Crippen LogP contribution in [0.5, 0.6) is 11.5 Å². The van der Waals surface area contributed by atoms with Crippen molar-refractivity contribution >= 4 is 66.6 Å². The summed E-state index contributed by atoms with van der Waals surface area (Å²) in [6, 6.07) is 24.6. The van der Waals surface area contributed by atoms with E-state index in [0.29, 0.717) is 5.02 Å². The predicted molar refractivity (Wildman–Crippen MR) is 204 cm³/mol. The van der Waals surface area contributed by atoms with Crippen molar-refractivity contribution in [3.63, 3.8) is 0 Å². The van der Waals surface area contributed by atoms with Gasteiger partial charge in [-0.05, 0) is 119 Å². The van der Waals surface area contributed by atoms with Crippen LogP contribution in [0.15, 0.2) is 72.8 Å². The lowest BCUT2D eigenvalue weighted by Gasteiger charge is -2.17. The number of nitrogens with one attached hydrogen (secondary N) is 2. The molecule has 0 saturated carbocycles.